The van der Waals surface area contributed by atoms with Crippen molar-refractivity contribution in [2.45, 2.75) is 11.7 Å². The van der Waals surface area contributed by atoms with E-state index in [4.69, 9.17) is 13.6 Å². The normalized spacial score (nSPS) is 11.8. The van der Waals surface area contributed by atoms with Gasteiger partial charge in [0.25, 0.3) is 10.0 Å². The van der Waals surface area contributed by atoms with Crippen LogP contribution in [0.25, 0.3) is 11.5 Å². The summed E-state index contributed by atoms with van der Waals surface area (Å²) in [5.41, 5.74) is 0.775. The minimum absolute atomic E-state index is 0.113. The molecule has 24 heavy (non-hydrogen) atoms. The van der Waals surface area contributed by atoms with Gasteiger partial charge in [0.05, 0.1) is 0 Å². The third kappa shape index (κ3) is 3.31. The number of rotatable bonds is 6. The number of hydrogen-bond donors (Lipinski definition) is 0. The lowest BCUT2D eigenvalue weighted by Crippen LogP contribution is -2.21. The summed E-state index contributed by atoms with van der Waals surface area (Å²) >= 11 is 0. The summed E-state index contributed by atoms with van der Waals surface area (Å²) < 4.78 is 41.0. The van der Waals surface area contributed by atoms with E-state index in [1.807, 2.05) is 0 Å². The van der Waals surface area contributed by atoms with Crippen molar-refractivity contribution in [1.82, 2.24) is 14.5 Å². The lowest BCUT2D eigenvalue weighted by Gasteiger charge is -2.08. The smallest absolute Gasteiger partial charge is 0.275 e. The molecule has 3 rings (SSSR count). The molecule has 0 radical (unpaired) electrons. The molecular formula is C15H15N3O5S. The fraction of sp³-hybridized carbons (Fsp3) is 0.200. The Morgan fingerprint density at radius 3 is 2.50 bits per heavy atom. The quantitative estimate of drug-likeness (QED) is 0.672. The average Bonchev–Trinajstić information content (AvgIpc) is 3.25. The van der Waals surface area contributed by atoms with Crippen molar-refractivity contribution in [3.8, 4) is 17.2 Å². The highest BCUT2D eigenvalue weighted by Crippen LogP contribution is 2.22. The molecular weight excluding hydrogens is 334 g/mol. The van der Waals surface area contributed by atoms with Gasteiger partial charge in [-0.1, -0.05) is 0 Å². The van der Waals surface area contributed by atoms with Gasteiger partial charge in [0, 0.05) is 19.7 Å². The lowest BCUT2D eigenvalue weighted by atomic mass is 10.2. The second-order valence-corrected chi connectivity index (χ2v) is 7.15. The largest absolute Gasteiger partial charge is 0.486 e. The van der Waals surface area contributed by atoms with Gasteiger partial charge in [-0.3, -0.25) is 0 Å². The Labute approximate surface area is 138 Å². The van der Waals surface area contributed by atoms with Gasteiger partial charge in [0.1, 0.15) is 18.1 Å². The molecule has 1 aromatic carbocycles. The molecule has 0 aliphatic heterocycles. The van der Waals surface area contributed by atoms with Crippen LogP contribution in [0.2, 0.25) is 0 Å². The number of hydrogen-bond acceptors (Lipinski definition) is 7. The van der Waals surface area contributed by atoms with Gasteiger partial charge in [-0.15, -0.1) is 10.2 Å². The van der Waals surface area contributed by atoms with Crippen LogP contribution in [-0.2, 0) is 16.6 Å². The maximum atomic E-state index is 11.9. The summed E-state index contributed by atoms with van der Waals surface area (Å²) in [6, 6.07) is 10.1. The zero-order valence-corrected chi connectivity index (χ0v) is 13.9. The van der Waals surface area contributed by atoms with Crippen LogP contribution in [0.15, 0.2) is 56.7 Å². The summed E-state index contributed by atoms with van der Waals surface area (Å²) in [6.45, 7) is 0.114. The van der Waals surface area contributed by atoms with E-state index in [1.165, 1.54) is 26.6 Å². The van der Waals surface area contributed by atoms with E-state index < -0.39 is 10.0 Å². The van der Waals surface area contributed by atoms with Gasteiger partial charge < -0.3 is 13.6 Å². The number of furan rings is 1. The van der Waals surface area contributed by atoms with E-state index in [1.54, 1.807) is 30.3 Å². The molecule has 0 saturated carbocycles. The highest BCUT2D eigenvalue weighted by atomic mass is 32.2. The maximum absolute atomic E-state index is 11.9. The Bertz CT molecular complexity index is 899. The standard InChI is InChI=1S/C15H15N3O5S/c1-18(2)24(19,20)14-8-7-13(23-14)9-21-12-5-3-11(4-6-12)15-17-16-10-22-15/h3-8,10H,9H2,1-2H3. The van der Waals surface area contributed by atoms with Gasteiger partial charge in [-0.25, -0.2) is 12.7 Å². The van der Waals surface area contributed by atoms with E-state index in [2.05, 4.69) is 10.2 Å². The van der Waals surface area contributed by atoms with Gasteiger partial charge in [0.2, 0.25) is 17.4 Å². The van der Waals surface area contributed by atoms with Crippen molar-refractivity contribution < 1.29 is 22.0 Å². The van der Waals surface area contributed by atoms with Gasteiger partial charge >= 0.3 is 0 Å². The van der Waals surface area contributed by atoms with Crippen LogP contribution in [-0.4, -0.2) is 37.0 Å². The van der Waals surface area contributed by atoms with Crippen molar-refractivity contribution in [2.24, 2.45) is 0 Å². The fourth-order valence-corrected chi connectivity index (χ4v) is 2.71. The first-order valence-corrected chi connectivity index (χ1v) is 8.41. The number of nitrogens with zero attached hydrogens (tertiary/aromatic N) is 3. The zero-order chi connectivity index (χ0) is 17.2. The van der Waals surface area contributed by atoms with Crippen LogP contribution in [0.5, 0.6) is 5.75 Å². The van der Waals surface area contributed by atoms with Crippen LogP contribution in [0.1, 0.15) is 5.76 Å². The number of ether oxygens (including phenoxy) is 1. The molecule has 0 fully saturated rings. The summed E-state index contributed by atoms with van der Waals surface area (Å²) in [7, 11) is -0.695. The second-order valence-electron chi connectivity index (χ2n) is 5.07. The van der Waals surface area contributed by atoms with Gasteiger partial charge in [-0.2, -0.15) is 0 Å². The molecule has 0 bridgehead atoms. The molecule has 0 saturated heterocycles. The van der Waals surface area contributed by atoms with Crippen molar-refractivity contribution in [3.63, 3.8) is 0 Å². The number of sulfonamides is 1. The minimum atomic E-state index is -3.58. The zero-order valence-electron chi connectivity index (χ0n) is 13.0. The van der Waals surface area contributed by atoms with Crippen LogP contribution < -0.4 is 4.74 Å². The molecule has 0 amide bonds. The Hall–Kier alpha value is -2.65. The molecule has 0 aliphatic rings. The molecule has 8 nitrogen and oxygen atoms in total. The molecule has 0 atom stereocenters. The van der Waals surface area contributed by atoms with Crippen molar-refractivity contribution in [1.29, 1.82) is 0 Å². The summed E-state index contributed by atoms with van der Waals surface area (Å²) in [5, 5.41) is 7.32. The van der Waals surface area contributed by atoms with Crippen LogP contribution in [0.4, 0.5) is 0 Å². The summed E-state index contributed by atoms with van der Waals surface area (Å²) in [5.74, 6) is 1.44. The molecule has 0 unspecified atom stereocenters. The maximum Gasteiger partial charge on any atom is 0.275 e. The number of benzene rings is 1. The Balaban J connectivity index is 1.65. The van der Waals surface area contributed by atoms with E-state index in [0.29, 0.717) is 17.4 Å². The molecule has 9 heteroatoms. The van der Waals surface area contributed by atoms with Crippen molar-refractivity contribution in [2.75, 3.05) is 14.1 Å². The topological polar surface area (TPSA) is 98.7 Å². The van der Waals surface area contributed by atoms with Crippen LogP contribution >= 0.6 is 0 Å². The molecule has 2 heterocycles. The highest BCUT2D eigenvalue weighted by Gasteiger charge is 2.21. The SMILES string of the molecule is CN(C)S(=O)(=O)c1ccc(COc2ccc(-c3nnco3)cc2)o1. The van der Waals surface area contributed by atoms with E-state index in [9.17, 15) is 8.42 Å². The molecule has 2 aromatic heterocycles. The molecule has 0 N–H and O–H groups in total. The molecule has 3 aromatic rings. The molecule has 126 valence electrons. The van der Waals surface area contributed by atoms with Crippen molar-refractivity contribution >= 4 is 10.0 Å². The van der Waals surface area contributed by atoms with Gasteiger partial charge in [0.15, 0.2) is 0 Å². The van der Waals surface area contributed by atoms with E-state index in [-0.39, 0.29) is 11.7 Å². The summed E-state index contributed by atoms with van der Waals surface area (Å²) in [6.07, 6.45) is 1.26. The molecule has 0 aliphatic carbocycles. The summed E-state index contributed by atoms with van der Waals surface area (Å²) in [4.78, 5) is 0. The van der Waals surface area contributed by atoms with Crippen LogP contribution in [0.3, 0.4) is 0 Å². The first-order valence-electron chi connectivity index (χ1n) is 6.97. The van der Waals surface area contributed by atoms with Crippen molar-refractivity contribution in [3.05, 3.63) is 48.6 Å². The monoisotopic (exact) mass is 349 g/mol. The Morgan fingerprint density at radius 2 is 1.88 bits per heavy atom. The third-order valence-corrected chi connectivity index (χ3v) is 4.90. The molecule has 0 spiro atoms. The van der Waals surface area contributed by atoms with E-state index >= 15 is 0 Å². The first kappa shape index (κ1) is 16.2. The first-order chi connectivity index (χ1) is 11.5. The highest BCUT2D eigenvalue weighted by molar-refractivity contribution is 7.88. The third-order valence-electron chi connectivity index (χ3n) is 3.21. The van der Waals surface area contributed by atoms with Crippen LogP contribution in [0, 0.1) is 0 Å². The second kappa shape index (κ2) is 6.46. The van der Waals surface area contributed by atoms with E-state index in [0.717, 1.165) is 9.87 Å². The predicted octanol–water partition coefficient (Wildman–Crippen LogP) is 2.16. The Kier molecular flexibility index (Phi) is 4.36. The minimum Gasteiger partial charge on any atom is -0.486 e. The average molecular weight is 349 g/mol. The predicted molar refractivity (Wildman–Crippen MR) is 83.6 cm³/mol. The van der Waals surface area contributed by atoms with Gasteiger partial charge in [-0.05, 0) is 36.4 Å². The number of aromatic nitrogens is 2. The fourth-order valence-electron chi connectivity index (χ4n) is 1.90. The lowest BCUT2D eigenvalue weighted by molar-refractivity contribution is 0.256. The Morgan fingerprint density at radius 1 is 1.12 bits per heavy atom.